The third kappa shape index (κ3) is 3.36. The average molecular weight is 492 g/mol. The number of allylic oxidation sites excluding steroid dienone is 1. The number of nitrogens with zero attached hydrogens (tertiary/aromatic N) is 1. The molecule has 1 heterocycles. The van der Waals surface area contributed by atoms with Crippen LogP contribution >= 0.6 is 0 Å². The number of carbonyl (C=O) groups is 2. The second-order valence-electron chi connectivity index (χ2n) is 12.2. The summed E-state index contributed by atoms with van der Waals surface area (Å²) in [6.07, 6.45) is 9.84. The van der Waals surface area contributed by atoms with Gasteiger partial charge in [0.1, 0.15) is 11.7 Å². The Morgan fingerprint density at radius 2 is 1.83 bits per heavy atom. The zero-order valence-electron chi connectivity index (χ0n) is 21.8. The Balaban J connectivity index is 1.20. The molecule has 0 bridgehead atoms. The van der Waals surface area contributed by atoms with Crippen molar-refractivity contribution >= 4 is 17.7 Å². The summed E-state index contributed by atoms with van der Waals surface area (Å²) in [6, 6.07) is 9.30. The number of esters is 1. The number of hydrogen-bond donors (Lipinski definition) is 0. The van der Waals surface area contributed by atoms with Crippen LogP contribution in [0, 0.1) is 28.6 Å². The van der Waals surface area contributed by atoms with Gasteiger partial charge in [-0.05, 0) is 80.8 Å². The Morgan fingerprint density at radius 3 is 2.58 bits per heavy atom. The molecular formula is C30H37NO5. The molecule has 5 aliphatic rings. The van der Waals surface area contributed by atoms with Gasteiger partial charge in [0.2, 0.25) is 0 Å². The number of fused-ring (bicyclic) bond motifs is 7. The molecule has 3 saturated carbocycles. The standard InChI is InChI=1S/C30H37NO5/c1-18(31-36-19(2)32)30-26(35-30)17-25-23-11-10-21-16-22(34-27(33)20-8-6-5-7-9-20)12-14-28(21,3)24(23)13-15-29(25,30)4/h5-10,22-26H,11-17H2,1-4H3/t22-,23-,24+,25+,26+,28-,29-,30-/m0/s1. The van der Waals surface area contributed by atoms with E-state index in [1.165, 1.54) is 18.9 Å². The SMILES string of the molecule is CC(=O)ON=C(C)[C@]12O[C@@H]1C[C@@H]1[C@H]3CC=C4C[C@@H](OC(=O)c5ccccc5)CC[C@]4(C)[C@@H]3CC[C@@]12C. The molecule has 6 nitrogen and oxygen atoms in total. The largest absolute Gasteiger partial charge is 0.458 e. The van der Waals surface area contributed by atoms with Gasteiger partial charge in [-0.15, -0.1) is 0 Å². The summed E-state index contributed by atoms with van der Waals surface area (Å²) >= 11 is 0. The molecule has 0 radical (unpaired) electrons. The van der Waals surface area contributed by atoms with Crippen LogP contribution in [0.4, 0.5) is 0 Å². The maximum atomic E-state index is 12.7. The molecule has 0 spiro atoms. The Morgan fingerprint density at radius 1 is 1.06 bits per heavy atom. The highest BCUT2D eigenvalue weighted by molar-refractivity contribution is 5.95. The van der Waals surface area contributed by atoms with Gasteiger partial charge in [0.25, 0.3) is 0 Å². The number of ether oxygens (including phenoxy) is 2. The topological polar surface area (TPSA) is 77.5 Å². The van der Waals surface area contributed by atoms with Gasteiger partial charge >= 0.3 is 11.9 Å². The van der Waals surface area contributed by atoms with E-state index in [9.17, 15) is 9.59 Å². The van der Waals surface area contributed by atoms with Gasteiger partial charge < -0.3 is 14.3 Å². The van der Waals surface area contributed by atoms with Crippen molar-refractivity contribution in [3.63, 3.8) is 0 Å². The molecule has 1 aromatic carbocycles. The van der Waals surface area contributed by atoms with Crippen LogP contribution in [0.25, 0.3) is 0 Å². The van der Waals surface area contributed by atoms with Crippen LogP contribution in [0.3, 0.4) is 0 Å². The highest BCUT2D eigenvalue weighted by Gasteiger charge is 2.78. The van der Waals surface area contributed by atoms with Crippen molar-refractivity contribution in [3.8, 4) is 0 Å². The van der Waals surface area contributed by atoms with Crippen LogP contribution in [0.5, 0.6) is 0 Å². The van der Waals surface area contributed by atoms with E-state index in [2.05, 4.69) is 25.1 Å². The van der Waals surface area contributed by atoms with Crippen molar-refractivity contribution in [2.45, 2.75) is 90.4 Å². The van der Waals surface area contributed by atoms with Gasteiger partial charge in [-0.1, -0.05) is 48.9 Å². The van der Waals surface area contributed by atoms with Gasteiger partial charge in [-0.2, -0.15) is 0 Å². The van der Waals surface area contributed by atoms with E-state index in [4.69, 9.17) is 14.3 Å². The van der Waals surface area contributed by atoms with Crippen LogP contribution in [0.2, 0.25) is 0 Å². The number of rotatable bonds is 4. The molecule has 6 heteroatoms. The van der Waals surface area contributed by atoms with Crippen LogP contribution in [0.15, 0.2) is 47.1 Å². The first kappa shape index (κ1) is 23.9. The summed E-state index contributed by atoms with van der Waals surface area (Å²) in [5.41, 5.74) is 2.72. The maximum Gasteiger partial charge on any atom is 0.338 e. The molecule has 0 N–H and O–H groups in total. The molecule has 192 valence electrons. The fourth-order valence-corrected chi connectivity index (χ4v) is 8.81. The molecule has 8 atom stereocenters. The summed E-state index contributed by atoms with van der Waals surface area (Å²) in [5.74, 6) is 1.22. The molecule has 36 heavy (non-hydrogen) atoms. The van der Waals surface area contributed by atoms with Crippen molar-refractivity contribution in [1.82, 2.24) is 0 Å². The van der Waals surface area contributed by atoms with Crippen molar-refractivity contribution in [3.05, 3.63) is 47.5 Å². The minimum absolute atomic E-state index is 0.0106. The monoisotopic (exact) mass is 491 g/mol. The second-order valence-corrected chi connectivity index (χ2v) is 12.2. The number of carbonyl (C=O) groups excluding carboxylic acids is 2. The number of hydrogen-bond acceptors (Lipinski definition) is 6. The lowest BCUT2D eigenvalue weighted by molar-refractivity contribution is -0.141. The van der Waals surface area contributed by atoms with Crippen molar-refractivity contribution in [2.24, 2.45) is 33.7 Å². The molecule has 1 aromatic rings. The minimum Gasteiger partial charge on any atom is -0.458 e. The molecule has 6 rings (SSSR count). The van der Waals surface area contributed by atoms with Gasteiger partial charge in [0, 0.05) is 18.8 Å². The van der Waals surface area contributed by atoms with Crippen molar-refractivity contribution in [1.29, 1.82) is 0 Å². The van der Waals surface area contributed by atoms with Crippen LogP contribution in [0.1, 0.15) is 83.0 Å². The zero-order chi connectivity index (χ0) is 25.3. The Hall–Kier alpha value is -2.47. The lowest BCUT2D eigenvalue weighted by Gasteiger charge is -2.58. The van der Waals surface area contributed by atoms with E-state index < -0.39 is 5.97 Å². The summed E-state index contributed by atoms with van der Waals surface area (Å²) in [4.78, 5) is 29.0. The van der Waals surface area contributed by atoms with Crippen molar-refractivity contribution < 1.29 is 23.9 Å². The lowest BCUT2D eigenvalue weighted by Crippen LogP contribution is -2.54. The van der Waals surface area contributed by atoms with Crippen LogP contribution < -0.4 is 0 Å². The Bertz CT molecular complexity index is 1140. The van der Waals surface area contributed by atoms with Crippen molar-refractivity contribution in [2.75, 3.05) is 0 Å². The normalized spacial score (nSPS) is 42.7. The number of benzene rings is 1. The van der Waals surface area contributed by atoms with Gasteiger partial charge in [-0.25, -0.2) is 9.59 Å². The molecule has 4 fully saturated rings. The van der Waals surface area contributed by atoms with Gasteiger partial charge in [-0.3, -0.25) is 0 Å². The first-order chi connectivity index (χ1) is 17.2. The third-order valence-corrected chi connectivity index (χ3v) is 10.6. The molecular weight excluding hydrogens is 454 g/mol. The van der Waals surface area contributed by atoms with Gasteiger partial charge in [0.05, 0.1) is 17.4 Å². The molecule has 1 saturated heterocycles. The Labute approximate surface area is 213 Å². The summed E-state index contributed by atoms with van der Waals surface area (Å²) in [5, 5.41) is 4.18. The summed E-state index contributed by atoms with van der Waals surface area (Å²) in [6.45, 7) is 8.19. The predicted octanol–water partition coefficient (Wildman–Crippen LogP) is 5.86. The summed E-state index contributed by atoms with van der Waals surface area (Å²) in [7, 11) is 0. The third-order valence-electron chi connectivity index (χ3n) is 10.6. The maximum absolute atomic E-state index is 12.7. The molecule has 4 aliphatic carbocycles. The van der Waals surface area contributed by atoms with E-state index in [1.54, 1.807) is 0 Å². The highest BCUT2D eigenvalue weighted by atomic mass is 16.7. The van der Waals surface area contributed by atoms with E-state index in [1.807, 2.05) is 37.3 Å². The zero-order valence-corrected chi connectivity index (χ0v) is 21.8. The average Bonchev–Trinajstić information content (AvgIpc) is 3.54. The number of epoxide rings is 1. The smallest absolute Gasteiger partial charge is 0.338 e. The lowest BCUT2D eigenvalue weighted by atomic mass is 9.47. The number of oxime groups is 1. The minimum atomic E-state index is -0.394. The van der Waals surface area contributed by atoms with E-state index in [0.717, 1.165) is 44.2 Å². The van der Waals surface area contributed by atoms with Crippen LogP contribution in [-0.2, 0) is 19.1 Å². The van der Waals surface area contributed by atoms with E-state index in [0.29, 0.717) is 23.3 Å². The van der Waals surface area contributed by atoms with Crippen LogP contribution in [-0.4, -0.2) is 35.5 Å². The fourth-order valence-electron chi connectivity index (χ4n) is 8.81. The summed E-state index contributed by atoms with van der Waals surface area (Å²) < 4.78 is 12.3. The second kappa shape index (κ2) is 8.27. The molecule has 0 aromatic heterocycles. The molecule has 1 aliphatic heterocycles. The molecule has 0 unspecified atom stereocenters. The van der Waals surface area contributed by atoms with E-state index >= 15 is 0 Å². The van der Waals surface area contributed by atoms with E-state index in [-0.39, 0.29) is 34.6 Å². The predicted molar refractivity (Wildman–Crippen MR) is 135 cm³/mol. The quantitative estimate of drug-likeness (QED) is 0.132. The highest BCUT2D eigenvalue weighted by Crippen LogP contribution is 2.73. The van der Waals surface area contributed by atoms with Gasteiger partial charge in [0.15, 0.2) is 0 Å². The fraction of sp³-hybridized carbons (Fsp3) is 0.633. The Kier molecular flexibility index (Phi) is 5.49. The first-order valence-electron chi connectivity index (χ1n) is 13.5. The molecule has 0 amide bonds. The first-order valence-corrected chi connectivity index (χ1v) is 13.5.